The Labute approximate surface area is 160 Å². The molecule has 1 saturated heterocycles. The van der Waals surface area contributed by atoms with Gasteiger partial charge in [0.15, 0.2) is 0 Å². The van der Waals surface area contributed by atoms with Gasteiger partial charge in [-0.15, -0.1) is 0 Å². The van der Waals surface area contributed by atoms with E-state index in [1.807, 2.05) is 0 Å². The van der Waals surface area contributed by atoms with E-state index in [2.05, 4.69) is 0 Å². The quantitative estimate of drug-likeness (QED) is 0.802. The van der Waals surface area contributed by atoms with Crippen LogP contribution in [0.4, 0.5) is 13.2 Å². The number of carbonyl (C=O) groups excluding carboxylic acids is 1. The van der Waals surface area contributed by atoms with E-state index in [0.29, 0.717) is 31.7 Å². The molecule has 2 heterocycles. The van der Waals surface area contributed by atoms with Gasteiger partial charge < -0.3 is 14.2 Å². The summed E-state index contributed by atoms with van der Waals surface area (Å²) in [4.78, 5) is 25.9. The minimum absolute atomic E-state index is 0.175. The molecular formula is C20H21F3N2O3. The van der Waals surface area contributed by atoms with Crippen molar-refractivity contribution < 1.29 is 22.7 Å². The molecule has 0 N–H and O–H groups in total. The summed E-state index contributed by atoms with van der Waals surface area (Å²) in [5.74, 6) is -0.163. The molecule has 1 aliphatic rings. The van der Waals surface area contributed by atoms with Gasteiger partial charge in [0.25, 0.3) is 11.5 Å². The van der Waals surface area contributed by atoms with Gasteiger partial charge in [0, 0.05) is 44.7 Å². The maximum atomic E-state index is 13.2. The van der Waals surface area contributed by atoms with E-state index >= 15 is 0 Å². The Kier molecular flexibility index (Phi) is 5.49. The third-order valence-corrected chi connectivity index (χ3v) is 4.97. The molecule has 1 aromatic carbocycles. The van der Waals surface area contributed by atoms with Crippen molar-refractivity contribution in [2.45, 2.75) is 32.0 Å². The van der Waals surface area contributed by atoms with Crippen LogP contribution in [0.3, 0.4) is 0 Å². The molecule has 0 unspecified atom stereocenters. The van der Waals surface area contributed by atoms with Crippen molar-refractivity contribution in [3.63, 3.8) is 0 Å². The summed E-state index contributed by atoms with van der Waals surface area (Å²) in [7, 11) is 1.67. The van der Waals surface area contributed by atoms with Crippen LogP contribution in [0.2, 0.25) is 0 Å². The summed E-state index contributed by atoms with van der Waals surface area (Å²) in [5, 5.41) is 0. The number of aromatic nitrogens is 1. The Balaban J connectivity index is 1.66. The molecule has 28 heavy (non-hydrogen) atoms. The predicted octanol–water partition coefficient (Wildman–Crippen LogP) is 3.40. The van der Waals surface area contributed by atoms with Crippen molar-refractivity contribution in [3.05, 3.63) is 63.6 Å². The summed E-state index contributed by atoms with van der Waals surface area (Å²) in [6.45, 7) is 2.38. The number of alkyl halides is 3. The molecule has 1 amide bonds. The molecular weight excluding hydrogens is 373 g/mol. The molecule has 150 valence electrons. The molecule has 2 aromatic rings. The highest BCUT2D eigenvalue weighted by Crippen LogP contribution is 2.32. The second-order valence-corrected chi connectivity index (χ2v) is 6.88. The first kappa shape index (κ1) is 20.0. The van der Waals surface area contributed by atoms with Crippen molar-refractivity contribution in [1.29, 1.82) is 0 Å². The number of aryl methyl sites for hydroxylation is 1. The average Bonchev–Trinajstić information content (AvgIpc) is 2.65. The second-order valence-electron chi connectivity index (χ2n) is 6.88. The van der Waals surface area contributed by atoms with Crippen LogP contribution in [0.15, 0.2) is 41.2 Å². The van der Waals surface area contributed by atoms with E-state index in [1.54, 1.807) is 20.0 Å². The van der Waals surface area contributed by atoms with Crippen LogP contribution in [0.5, 0.6) is 5.75 Å². The maximum Gasteiger partial charge on any atom is 0.417 e. The number of piperidine rings is 1. The fourth-order valence-corrected chi connectivity index (χ4v) is 3.26. The first-order chi connectivity index (χ1) is 13.2. The van der Waals surface area contributed by atoms with Gasteiger partial charge in [0.1, 0.15) is 11.9 Å². The van der Waals surface area contributed by atoms with Gasteiger partial charge in [-0.25, -0.2) is 0 Å². The van der Waals surface area contributed by atoms with Crippen molar-refractivity contribution in [2.75, 3.05) is 13.1 Å². The number of amides is 1. The van der Waals surface area contributed by atoms with Crippen LogP contribution in [0, 0.1) is 6.92 Å². The highest BCUT2D eigenvalue weighted by atomic mass is 19.4. The standard InChI is InChI=1S/C20H21F3N2O3/c1-13-11-15(12-18(26)24(13)2)28-14-7-9-25(10-8-14)19(27)16-5-3-4-6-17(16)20(21,22)23/h3-6,11-12,14H,7-10H2,1-2H3. The van der Waals surface area contributed by atoms with E-state index < -0.39 is 17.6 Å². The van der Waals surface area contributed by atoms with Crippen molar-refractivity contribution in [1.82, 2.24) is 9.47 Å². The van der Waals surface area contributed by atoms with Gasteiger partial charge >= 0.3 is 6.18 Å². The number of likely N-dealkylation sites (tertiary alicyclic amines) is 1. The van der Waals surface area contributed by atoms with Crippen molar-refractivity contribution in [2.24, 2.45) is 7.05 Å². The zero-order valence-electron chi connectivity index (χ0n) is 15.6. The largest absolute Gasteiger partial charge is 0.490 e. The molecule has 1 aliphatic heterocycles. The summed E-state index contributed by atoms with van der Waals surface area (Å²) in [5.41, 5.74) is -0.671. The number of hydrogen-bond acceptors (Lipinski definition) is 3. The fraction of sp³-hybridized carbons (Fsp3) is 0.400. The van der Waals surface area contributed by atoms with E-state index in [4.69, 9.17) is 4.74 Å². The van der Waals surface area contributed by atoms with E-state index in [9.17, 15) is 22.8 Å². The van der Waals surface area contributed by atoms with Crippen LogP contribution in [-0.2, 0) is 13.2 Å². The van der Waals surface area contributed by atoms with Gasteiger partial charge in [-0.3, -0.25) is 9.59 Å². The molecule has 0 radical (unpaired) electrons. The highest BCUT2D eigenvalue weighted by Gasteiger charge is 2.36. The van der Waals surface area contributed by atoms with Crippen molar-refractivity contribution in [3.8, 4) is 5.75 Å². The smallest absolute Gasteiger partial charge is 0.417 e. The summed E-state index contributed by atoms with van der Waals surface area (Å²) in [6, 6.07) is 7.99. The summed E-state index contributed by atoms with van der Waals surface area (Å²) >= 11 is 0. The number of pyridine rings is 1. The Morgan fingerprint density at radius 1 is 1.14 bits per heavy atom. The monoisotopic (exact) mass is 394 g/mol. The van der Waals surface area contributed by atoms with Crippen LogP contribution < -0.4 is 10.3 Å². The van der Waals surface area contributed by atoms with Gasteiger partial charge in [0.2, 0.25) is 0 Å². The highest BCUT2D eigenvalue weighted by molar-refractivity contribution is 5.96. The Morgan fingerprint density at radius 3 is 2.39 bits per heavy atom. The lowest BCUT2D eigenvalue weighted by atomic mass is 10.0. The third kappa shape index (κ3) is 4.21. The zero-order chi connectivity index (χ0) is 20.5. The molecule has 3 rings (SSSR count). The van der Waals surface area contributed by atoms with Gasteiger partial charge in [-0.1, -0.05) is 12.1 Å². The molecule has 0 bridgehead atoms. The van der Waals surface area contributed by atoms with E-state index in [-0.39, 0.29) is 17.2 Å². The SMILES string of the molecule is Cc1cc(OC2CCN(C(=O)c3ccccc3C(F)(F)F)CC2)cc(=O)n1C. The van der Waals surface area contributed by atoms with Gasteiger partial charge in [-0.2, -0.15) is 13.2 Å². The normalized spacial score (nSPS) is 15.5. The molecule has 0 saturated carbocycles. The first-order valence-corrected chi connectivity index (χ1v) is 8.96. The Hall–Kier alpha value is -2.77. The second kappa shape index (κ2) is 7.69. The first-order valence-electron chi connectivity index (χ1n) is 8.96. The lowest BCUT2D eigenvalue weighted by Crippen LogP contribution is -2.42. The molecule has 8 heteroatoms. The minimum Gasteiger partial charge on any atom is -0.490 e. The maximum absolute atomic E-state index is 13.2. The number of ether oxygens (including phenoxy) is 1. The van der Waals surface area contributed by atoms with Gasteiger partial charge in [-0.05, 0) is 25.1 Å². The lowest BCUT2D eigenvalue weighted by molar-refractivity contribution is -0.138. The topological polar surface area (TPSA) is 51.5 Å². The van der Waals surface area contributed by atoms with Crippen LogP contribution >= 0.6 is 0 Å². The predicted molar refractivity (Wildman–Crippen MR) is 97.4 cm³/mol. The molecule has 0 spiro atoms. The number of carbonyl (C=O) groups is 1. The third-order valence-electron chi connectivity index (χ3n) is 4.97. The number of nitrogens with zero attached hydrogens (tertiary/aromatic N) is 2. The number of halogens is 3. The van der Waals surface area contributed by atoms with Crippen LogP contribution in [-0.4, -0.2) is 34.6 Å². The van der Waals surface area contributed by atoms with Crippen LogP contribution in [0.25, 0.3) is 0 Å². The average molecular weight is 394 g/mol. The molecule has 0 atom stereocenters. The van der Waals surface area contributed by atoms with Crippen molar-refractivity contribution >= 4 is 5.91 Å². The zero-order valence-corrected chi connectivity index (χ0v) is 15.6. The fourth-order valence-electron chi connectivity index (χ4n) is 3.26. The summed E-state index contributed by atoms with van der Waals surface area (Å²) in [6.07, 6.45) is -3.82. The number of benzene rings is 1. The number of rotatable bonds is 3. The Bertz CT molecular complexity index is 929. The van der Waals surface area contributed by atoms with E-state index in [1.165, 1.54) is 33.7 Å². The minimum atomic E-state index is -4.58. The molecule has 1 aromatic heterocycles. The lowest BCUT2D eigenvalue weighted by Gasteiger charge is -2.32. The number of hydrogen-bond donors (Lipinski definition) is 0. The molecule has 5 nitrogen and oxygen atoms in total. The molecule has 1 fully saturated rings. The molecule has 0 aliphatic carbocycles. The van der Waals surface area contributed by atoms with Crippen LogP contribution in [0.1, 0.15) is 34.5 Å². The van der Waals surface area contributed by atoms with Gasteiger partial charge in [0.05, 0.1) is 11.1 Å². The Morgan fingerprint density at radius 2 is 1.79 bits per heavy atom. The van der Waals surface area contributed by atoms with E-state index in [0.717, 1.165) is 11.8 Å². The summed E-state index contributed by atoms with van der Waals surface area (Å²) < 4.78 is 46.8.